The lowest BCUT2D eigenvalue weighted by molar-refractivity contribution is 0.248. The van der Waals surface area contributed by atoms with Gasteiger partial charge in [0.25, 0.3) is 0 Å². The highest BCUT2D eigenvalue weighted by molar-refractivity contribution is 5.40. The largest absolute Gasteiger partial charge is 0.399 e. The maximum Gasteiger partial charge on any atom is 0.123 e. The molecule has 1 aliphatic rings. The molecule has 0 bridgehead atoms. The number of anilines is 1. The van der Waals surface area contributed by atoms with Crippen LogP contribution in [0.15, 0.2) is 48.5 Å². The minimum atomic E-state index is -0.154. The van der Waals surface area contributed by atoms with Crippen molar-refractivity contribution in [2.45, 2.75) is 25.4 Å². The number of rotatable bonds is 3. The normalized spacial score (nSPS) is 19.4. The van der Waals surface area contributed by atoms with Crippen molar-refractivity contribution in [1.82, 2.24) is 4.90 Å². The van der Waals surface area contributed by atoms with Crippen molar-refractivity contribution >= 4 is 5.69 Å². The van der Waals surface area contributed by atoms with Crippen LogP contribution in [0.1, 0.15) is 30.0 Å². The first-order chi connectivity index (χ1) is 9.72. The fourth-order valence-corrected chi connectivity index (χ4v) is 3.03. The first kappa shape index (κ1) is 13.1. The third-order valence-electron chi connectivity index (χ3n) is 3.93. The first-order valence-electron chi connectivity index (χ1n) is 7.06. The summed E-state index contributed by atoms with van der Waals surface area (Å²) < 4.78 is 13.4. The second-order valence-electron chi connectivity index (χ2n) is 5.43. The molecule has 1 saturated heterocycles. The van der Waals surface area contributed by atoms with Crippen LogP contribution in [0.25, 0.3) is 0 Å². The minimum Gasteiger partial charge on any atom is -0.399 e. The molecule has 0 aromatic heterocycles. The Hall–Kier alpha value is -1.87. The summed E-state index contributed by atoms with van der Waals surface area (Å²) in [5.74, 6) is -0.154. The zero-order valence-electron chi connectivity index (χ0n) is 11.4. The van der Waals surface area contributed by atoms with E-state index in [1.54, 1.807) is 12.1 Å². The van der Waals surface area contributed by atoms with Gasteiger partial charge in [-0.2, -0.15) is 0 Å². The van der Waals surface area contributed by atoms with Gasteiger partial charge in [-0.1, -0.05) is 24.3 Å². The van der Waals surface area contributed by atoms with Crippen molar-refractivity contribution < 1.29 is 4.39 Å². The standard InChI is InChI=1S/C17H19FN2/c18-15-6-2-5-14(11-15)17-8-3-9-20(17)12-13-4-1-7-16(19)10-13/h1-2,4-7,10-11,17H,3,8-9,12,19H2. The summed E-state index contributed by atoms with van der Waals surface area (Å²) >= 11 is 0. The van der Waals surface area contributed by atoms with Crippen LogP contribution in [-0.4, -0.2) is 11.4 Å². The summed E-state index contributed by atoms with van der Waals surface area (Å²) in [5, 5.41) is 0. The van der Waals surface area contributed by atoms with Gasteiger partial charge >= 0.3 is 0 Å². The molecule has 1 fully saturated rings. The summed E-state index contributed by atoms with van der Waals surface area (Å²) in [6, 6.07) is 15.3. The lowest BCUT2D eigenvalue weighted by Gasteiger charge is -2.25. The number of benzene rings is 2. The van der Waals surface area contributed by atoms with E-state index in [0.717, 1.165) is 37.2 Å². The fraction of sp³-hybridized carbons (Fsp3) is 0.294. The summed E-state index contributed by atoms with van der Waals surface area (Å²) in [7, 11) is 0. The second kappa shape index (κ2) is 5.63. The predicted molar refractivity (Wildman–Crippen MR) is 79.6 cm³/mol. The molecule has 1 heterocycles. The van der Waals surface area contributed by atoms with Crippen molar-refractivity contribution in [3.05, 3.63) is 65.5 Å². The molecule has 2 N–H and O–H groups in total. The molecule has 1 atom stereocenters. The molecule has 0 radical (unpaired) electrons. The van der Waals surface area contributed by atoms with Crippen LogP contribution >= 0.6 is 0 Å². The minimum absolute atomic E-state index is 0.154. The molecule has 0 amide bonds. The van der Waals surface area contributed by atoms with Crippen molar-refractivity contribution in [2.75, 3.05) is 12.3 Å². The first-order valence-corrected chi connectivity index (χ1v) is 7.06. The molecule has 2 aromatic carbocycles. The Labute approximate surface area is 119 Å². The molecule has 3 rings (SSSR count). The Morgan fingerprint density at radius 3 is 2.80 bits per heavy atom. The highest BCUT2D eigenvalue weighted by Crippen LogP contribution is 2.33. The number of nitrogens with two attached hydrogens (primary N) is 1. The van der Waals surface area contributed by atoms with E-state index in [1.165, 1.54) is 11.6 Å². The van der Waals surface area contributed by atoms with Gasteiger partial charge in [-0.05, 0) is 54.8 Å². The molecule has 0 aliphatic carbocycles. The Morgan fingerprint density at radius 2 is 2.00 bits per heavy atom. The molecule has 0 saturated carbocycles. The van der Waals surface area contributed by atoms with Crippen molar-refractivity contribution in [2.24, 2.45) is 0 Å². The van der Waals surface area contributed by atoms with Gasteiger partial charge in [-0.3, -0.25) is 4.90 Å². The number of hydrogen-bond acceptors (Lipinski definition) is 2. The van der Waals surface area contributed by atoms with Gasteiger partial charge in [0.2, 0.25) is 0 Å². The van der Waals surface area contributed by atoms with E-state index in [2.05, 4.69) is 11.0 Å². The lowest BCUT2D eigenvalue weighted by atomic mass is 10.0. The van der Waals surface area contributed by atoms with Gasteiger partial charge in [0.05, 0.1) is 0 Å². The van der Waals surface area contributed by atoms with Crippen molar-refractivity contribution in [3.8, 4) is 0 Å². The molecule has 2 nitrogen and oxygen atoms in total. The Bertz CT molecular complexity index is 597. The van der Waals surface area contributed by atoms with Crippen LogP contribution in [0.2, 0.25) is 0 Å². The quantitative estimate of drug-likeness (QED) is 0.861. The third kappa shape index (κ3) is 2.83. The van der Waals surface area contributed by atoms with E-state index in [1.807, 2.05) is 24.3 Å². The predicted octanol–water partition coefficient (Wildman–Crippen LogP) is 3.75. The fourth-order valence-electron chi connectivity index (χ4n) is 3.03. The van der Waals surface area contributed by atoms with Crippen LogP contribution in [0.3, 0.4) is 0 Å². The number of likely N-dealkylation sites (tertiary alicyclic amines) is 1. The summed E-state index contributed by atoms with van der Waals surface area (Å²) in [4.78, 5) is 2.41. The van der Waals surface area contributed by atoms with Crippen LogP contribution in [0.5, 0.6) is 0 Å². The topological polar surface area (TPSA) is 29.3 Å². The molecule has 20 heavy (non-hydrogen) atoms. The number of nitrogens with zero attached hydrogens (tertiary/aromatic N) is 1. The number of halogens is 1. The van der Waals surface area contributed by atoms with E-state index in [9.17, 15) is 4.39 Å². The average molecular weight is 270 g/mol. The molecular formula is C17H19FN2. The smallest absolute Gasteiger partial charge is 0.123 e. The molecule has 104 valence electrons. The van der Waals surface area contributed by atoms with Crippen LogP contribution < -0.4 is 5.73 Å². The van der Waals surface area contributed by atoms with Crippen LogP contribution in [0.4, 0.5) is 10.1 Å². The third-order valence-corrected chi connectivity index (χ3v) is 3.93. The molecule has 3 heteroatoms. The van der Waals surface area contributed by atoms with E-state index in [-0.39, 0.29) is 5.82 Å². The van der Waals surface area contributed by atoms with Gasteiger partial charge in [0.15, 0.2) is 0 Å². The highest BCUT2D eigenvalue weighted by atomic mass is 19.1. The van der Waals surface area contributed by atoms with Crippen molar-refractivity contribution in [1.29, 1.82) is 0 Å². The summed E-state index contributed by atoms with van der Waals surface area (Å²) in [6.45, 7) is 1.92. The van der Waals surface area contributed by atoms with E-state index in [4.69, 9.17) is 5.73 Å². The van der Waals surface area contributed by atoms with E-state index >= 15 is 0 Å². The number of nitrogen functional groups attached to an aromatic ring is 1. The van der Waals surface area contributed by atoms with Crippen LogP contribution in [0, 0.1) is 5.82 Å². The Kier molecular flexibility index (Phi) is 3.70. The molecule has 0 spiro atoms. The zero-order valence-corrected chi connectivity index (χ0v) is 11.4. The summed E-state index contributed by atoms with van der Waals surface area (Å²) in [5.41, 5.74) is 8.92. The highest BCUT2D eigenvalue weighted by Gasteiger charge is 2.26. The van der Waals surface area contributed by atoms with Gasteiger partial charge < -0.3 is 5.73 Å². The van der Waals surface area contributed by atoms with Crippen molar-refractivity contribution in [3.63, 3.8) is 0 Å². The maximum atomic E-state index is 13.4. The maximum absolute atomic E-state index is 13.4. The second-order valence-corrected chi connectivity index (χ2v) is 5.43. The number of hydrogen-bond donors (Lipinski definition) is 1. The van der Waals surface area contributed by atoms with Gasteiger partial charge in [-0.25, -0.2) is 4.39 Å². The molecule has 1 aliphatic heterocycles. The lowest BCUT2D eigenvalue weighted by Crippen LogP contribution is -2.22. The molecular weight excluding hydrogens is 251 g/mol. The average Bonchev–Trinajstić information content (AvgIpc) is 2.87. The van der Waals surface area contributed by atoms with Gasteiger partial charge in [0.1, 0.15) is 5.82 Å². The summed E-state index contributed by atoms with van der Waals surface area (Å²) in [6.07, 6.45) is 2.25. The Balaban J connectivity index is 1.79. The SMILES string of the molecule is Nc1cccc(CN2CCCC2c2cccc(F)c2)c1. The Morgan fingerprint density at radius 1 is 1.15 bits per heavy atom. The molecule has 1 unspecified atom stereocenters. The molecule has 2 aromatic rings. The zero-order chi connectivity index (χ0) is 13.9. The van der Waals surface area contributed by atoms with Gasteiger partial charge in [0, 0.05) is 18.3 Å². The van der Waals surface area contributed by atoms with Gasteiger partial charge in [-0.15, -0.1) is 0 Å². The van der Waals surface area contributed by atoms with Crippen LogP contribution in [-0.2, 0) is 6.54 Å². The van der Waals surface area contributed by atoms with E-state index < -0.39 is 0 Å². The van der Waals surface area contributed by atoms with E-state index in [0.29, 0.717) is 6.04 Å². The monoisotopic (exact) mass is 270 g/mol.